The van der Waals surface area contributed by atoms with Gasteiger partial charge in [-0.15, -0.1) is 0 Å². The second-order valence-corrected chi connectivity index (χ2v) is 9.25. The molecule has 0 aromatic heterocycles. The third-order valence-corrected chi connectivity index (χ3v) is 7.94. The Bertz CT molecular complexity index is 931. The highest BCUT2D eigenvalue weighted by atomic mass is 16.5. The van der Waals surface area contributed by atoms with Crippen molar-refractivity contribution in [1.82, 2.24) is 0 Å². The normalized spacial score (nSPS) is 26.9. The van der Waals surface area contributed by atoms with Gasteiger partial charge in [0, 0.05) is 34.6 Å². The molecule has 1 N–H and O–H groups in total. The highest BCUT2D eigenvalue weighted by Gasteiger charge is 2.59. The van der Waals surface area contributed by atoms with E-state index in [1.807, 2.05) is 12.1 Å². The summed E-state index contributed by atoms with van der Waals surface area (Å²) in [5.74, 6) is 3.07. The molecule has 2 fully saturated rings. The van der Waals surface area contributed by atoms with E-state index in [4.69, 9.17) is 14.2 Å². The minimum atomic E-state index is -0.509. The topological polar surface area (TPSA) is 47.9 Å². The molecule has 0 radical (unpaired) electrons. The van der Waals surface area contributed by atoms with Crippen LogP contribution in [-0.4, -0.2) is 19.3 Å². The van der Waals surface area contributed by atoms with E-state index >= 15 is 0 Å². The van der Waals surface area contributed by atoms with E-state index in [9.17, 15) is 5.11 Å². The van der Waals surface area contributed by atoms with Gasteiger partial charge >= 0.3 is 0 Å². The Labute approximate surface area is 179 Å². The average Bonchev–Trinajstić information content (AvgIpc) is 2.79. The van der Waals surface area contributed by atoms with Gasteiger partial charge in [0.2, 0.25) is 0 Å². The Kier molecular flexibility index (Phi) is 4.83. The van der Waals surface area contributed by atoms with E-state index in [1.54, 1.807) is 20.3 Å². The van der Waals surface area contributed by atoms with Crippen molar-refractivity contribution in [2.45, 2.75) is 68.8 Å². The minimum Gasteiger partial charge on any atom is -0.507 e. The predicted octanol–water partition coefficient (Wildman–Crippen LogP) is 6.09. The van der Waals surface area contributed by atoms with E-state index in [1.165, 1.54) is 44.1 Å². The maximum absolute atomic E-state index is 11.1. The predicted molar refractivity (Wildman–Crippen MR) is 117 cm³/mol. The highest BCUT2D eigenvalue weighted by molar-refractivity contribution is 5.52. The third kappa shape index (κ3) is 2.79. The summed E-state index contributed by atoms with van der Waals surface area (Å²) in [6, 6.07) is 12.1. The summed E-state index contributed by atoms with van der Waals surface area (Å²) in [6.07, 6.45) is 10.6. The number of fused-ring (bicyclic) bond motifs is 4. The van der Waals surface area contributed by atoms with Gasteiger partial charge in [-0.3, -0.25) is 0 Å². The number of hydrogen-bond donors (Lipinski definition) is 1. The third-order valence-electron chi connectivity index (χ3n) is 7.94. The second kappa shape index (κ2) is 7.40. The maximum Gasteiger partial charge on any atom is 0.141 e. The first-order chi connectivity index (χ1) is 14.6. The van der Waals surface area contributed by atoms with Crippen LogP contribution in [0.15, 0.2) is 36.4 Å². The number of rotatable bonds is 3. The van der Waals surface area contributed by atoms with Crippen LogP contribution >= 0.6 is 0 Å². The van der Waals surface area contributed by atoms with Crippen LogP contribution in [0.4, 0.5) is 0 Å². The van der Waals surface area contributed by atoms with Gasteiger partial charge in [-0.1, -0.05) is 31.7 Å². The molecule has 0 amide bonds. The first kappa shape index (κ1) is 19.6. The molecule has 160 valence electrons. The molecule has 0 unspecified atom stereocenters. The summed E-state index contributed by atoms with van der Waals surface area (Å²) in [6.45, 7) is 0. The molecular weight excluding hydrogens is 376 g/mol. The van der Waals surface area contributed by atoms with Gasteiger partial charge in [0.1, 0.15) is 28.6 Å². The Balaban J connectivity index is 1.73. The lowest BCUT2D eigenvalue weighted by atomic mass is 9.51. The molecule has 2 aromatic carbocycles. The Hall–Kier alpha value is -2.36. The van der Waals surface area contributed by atoms with Gasteiger partial charge in [0.15, 0.2) is 0 Å². The molecule has 2 aliphatic carbocycles. The molecule has 3 aliphatic rings. The zero-order chi connectivity index (χ0) is 20.8. The van der Waals surface area contributed by atoms with Crippen molar-refractivity contribution >= 4 is 0 Å². The number of hydrogen-bond acceptors (Lipinski definition) is 4. The van der Waals surface area contributed by atoms with Crippen molar-refractivity contribution < 1.29 is 19.3 Å². The van der Waals surface area contributed by atoms with E-state index in [0.717, 1.165) is 36.3 Å². The molecule has 4 heteroatoms. The molecule has 1 heterocycles. The first-order valence-electron chi connectivity index (χ1n) is 11.4. The smallest absolute Gasteiger partial charge is 0.141 e. The molecule has 1 aliphatic heterocycles. The second-order valence-electron chi connectivity index (χ2n) is 9.25. The van der Waals surface area contributed by atoms with E-state index in [0.29, 0.717) is 11.7 Å². The van der Waals surface area contributed by atoms with Gasteiger partial charge in [-0.2, -0.15) is 0 Å². The van der Waals surface area contributed by atoms with E-state index in [-0.39, 0.29) is 11.2 Å². The first-order valence-corrected chi connectivity index (χ1v) is 11.4. The quantitative estimate of drug-likeness (QED) is 0.668. The average molecular weight is 409 g/mol. The molecule has 2 saturated carbocycles. The molecule has 5 rings (SSSR count). The monoisotopic (exact) mass is 408 g/mol. The molecule has 30 heavy (non-hydrogen) atoms. The summed E-state index contributed by atoms with van der Waals surface area (Å²) in [7, 11) is 3.34. The fraction of sp³-hybridized carbons (Fsp3) is 0.538. The van der Waals surface area contributed by atoms with Crippen molar-refractivity contribution in [2.24, 2.45) is 5.92 Å². The highest BCUT2D eigenvalue weighted by Crippen LogP contribution is 2.64. The molecule has 1 spiro atoms. The molecule has 4 nitrogen and oxygen atoms in total. The maximum atomic E-state index is 11.1. The van der Waals surface area contributed by atoms with Gasteiger partial charge in [0.25, 0.3) is 0 Å². The van der Waals surface area contributed by atoms with Crippen molar-refractivity contribution in [3.63, 3.8) is 0 Å². The number of benzene rings is 2. The van der Waals surface area contributed by atoms with Crippen LogP contribution in [0, 0.1) is 5.92 Å². The molecule has 2 aromatic rings. The Morgan fingerprint density at radius 3 is 2.20 bits per heavy atom. The van der Waals surface area contributed by atoms with Crippen molar-refractivity contribution in [2.75, 3.05) is 14.2 Å². The van der Waals surface area contributed by atoms with Crippen LogP contribution in [0.25, 0.3) is 0 Å². The van der Waals surface area contributed by atoms with Gasteiger partial charge in [0.05, 0.1) is 14.2 Å². The lowest BCUT2D eigenvalue weighted by Crippen LogP contribution is -2.57. The fourth-order valence-electron chi connectivity index (χ4n) is 6.67. The fourth-order valence-corrected chi connectivity index (χ4v) is 6.67. The van der Waals surface area contributed by atoms with Crippen LogP contribution in [0.1, 0.15) is 68.9 Å². The molecule has 0 bridgehead atoms. The number of phenols is 1. The zero-order valence-electron chi connectivity index (χ0n) is 18.1. The van der Waals surface area contributed by atoms with Crippen molar-refractivity contribution in [1.29, 1.82) is 0 Å². The Morgan fingerprint density at radius 1 is 0.833 bits per heavy atom. The Morgan fingerprint density at radius 2 is 1.50 bits per heavy atom. The van der Waals surface area contributed by atoms with Gasteiger partial charge in [-0.25, -0.2) is 0 Å². The zero-order valence-corrected chi connectivity index (χ0v) is 18.1. The van der Waals surface area contributed by atoms with Crippen LogP contribution in [0.5, 0.6) is 23.0 Å². The summed E-state index contributed by atoms with van der Waals surface area (Å²) in [5, 5.41) is 11.1. The summed E-state index contributed by atoms with van der Waals surface area (Å²) >= 11 is 0. The van der Waals surface area contributed by atoms with Gasteiger partial charge < -0.3 is 19.3 Å². The lowest BCUT2D eigenvalue weighted by Gasteiger charge is -2.58. The van der Waals surface area contributed by atoms with Crippen molar-refractivity contribution in [3.8, 4) is 23.0 Å². The largest absolute Gasteiger partial charge is 0.507 e. The lowest BCUT2D eigenvalue weighted by molar-refractivity contribution is -0.0960. The number of aromatic hydroxyl groups is 1. The van der Waals surface area contributed by atoms with E-state index < -0.39 is 5.60 Å². The van der Waals surface area contributed by atoms with Gasteiger partial charge in [-0.05, 0) is 50.3 Å². The van der Waals surface area contributed by atoms with Crippen LogP contribution in [0.3, 0.4) is 0 Å². The van der Waals surface area contributed by atoms with Crippen LogP contribution < -0.4 is 14.2 Å². The summed E-state index contributed by atoms with van der Waals surface area (Å²) in [5.41, 5.74) is 1.85. The number of ether oxygens (including phenoxy) is 3. The molecule has 2 atom stereocenters. The molecule has 0 saturated heterocycles. The minimum absolute atomic E-state index is 0.102. The summed E-state index contributed by atoms with van der Waals surface area (Å²) < 4.78 is 17.8. The van der Waals surface area contributed by atoms with Crippen LogP contribution in [0.2, 0.25) is 0 Å². The van der Waals surface area contributed by atoms with E-state index in [2.05, 4.69) is 18.2 Å². The number of methoxy groups -OCH3 is 2. The SMILES string of the molecule is COc1ccc([C@]23CCCC[C@H]2C2(CCCCC2)c2ccc(OC)cc2O3)c(O)c1. The summed E-state index contributed by atoms with van der Waals surface area (Å²) in [4.78, 5) is 0. The van der Waals surface area contributed by atoms with Crippen LogP contribution in [-0.2, 0) is 11.0 Å². The number of phenolic OH excluding ortho intramolecular Hbond substituents is 1. The molecular formula is C26H32O4. The standard InChI is InChI=1S/C26H32O4/c1-28-18-9-11-20(22(27)16-18)26-15-7-4-8-24(26)25(13-5-3-6-14-25)21-12-10-19(29-2)17-23(21)30-26/h9-12,16-17,24,27H,3-8,13-15H2,1-2H3/t24-,26+/m0/s1. The van der Waals surface area contributed by atoms with Crippen molar-refractivity contribution in [3.05, 3.63) is 47.5 Å².